The summed E-state index contributed by atoms with van der Waals surface area (Å²) < 4.78 is 44.2. The van der Waals surface area contributed by atoms with Crippen molar-refractivity contribution in [3.05, 3.63) is 96.1 Å². The normalized spacial score (nSPS) is 13.1. The van der Waals surface area contributed by atoms with Gasteiger partial charge in [-0.2, -0.15) is 0 Å². The molecule has 0 aliphatic rings. The van der Waals surface area contributed by atoms with Crippen LogP contribution in [0.15, 0.2) is 85.0 Å². The highest BCUT2D eigenvalue weighted by Crippen LogP contribution is 2.17. The number of unbranched alkanes of at least 4 members (excludes halogenated alkanes) is 16. The van der Waals surface area contributed by atoms with Gasteiger partial charge in [-0.1, -0.05) is 178 Å². The van der Waals surface area contributed by atoms with E-state index in [1.54, 1.807) is 0 Å². The van der Waals surface area contributed by atoms with E-state index in [9.17, 15) is 0 Å². The van der Waals surface area contributed by atoms with Gasteiger partial charge >= 0.3 is 0 Å². The Labute approximate surface area is 374 Å². The maximum atomic E-state index is 6.57. The summed E-state index contributed by atoms with van der Waals surface area (Å²) in [6.07, 6.45) is 34.2. The van der Waals surface area contributed by atoms with Crippen molar-refractivity contribution >= 4 is 0 Å². The summed E-state index contributed by atoms with van der Waals surface area (Å²) in [4.78, 5) is 0. The smallest absolute Gasteiger partial charge is 0.180 e. The topological polar surface area (TPSA) is 64.6 Å². The maximum absolute atomic E-state index is 6.57. The molecule has 0 saturated heterocycles. The minimum Gasteiger partial charge on any atom is -0.353 e. The highest BCUT2D eigenvalue weighted by Gasteiger charge is 2.15. The standard InChI is InChI=1S/C54H90O7/c1-5-9-13-31-43-55-51(56-44-32-14-10-6-2)39-27-17-19-29-41-53(59-47-49-35-23-21-24-36-49)61-54(60-48-50-37-25-22-26-38-50)42-30-20-18-28-40-52(57-45-33-15-11-7-3)58-46-34-16-12-8-4/h21-26,29-30,35-38,41-42,51-54H,5-20,27-28,31-34,39-40,43-48H2,1-4H3. The van der Waals surface area contributed by atoms with Crippen molar-refractivity contribution < 1.29 is 33.2 Å². The summed E-state index contributed by atoms with van der Waals surface area (Å²) in [5.74, 6) is 0. The van der Waals surface area contributed by atoms with E-state index < -0.39 is 12.6 Å². The molecule has 0 spiro atoms. The van der Waals surface area contributed by atoms with Crippen molar-refractivity contribution in [3.8, 4) is 0 Å². The molecule has 0 aliphatic heterocycles. The lowest BCUT2D eigenvalue weighted by Gasteiger charge is -2.22. The van der Waals surface area contributed by atoms with E-state index in [1.807, 2.05) is 48.6 Å². The van der Waals surface area contributed by atoms with Gasteiger partial charge in [-0.3, -0.25) is 0 Å². The van der Waals surface area contributed by atoms with E-state index in [0.29, 0.717) is 13.2 Å². The molecular formula is C54H90O7. The van der Waals surface area contributed by atoms with E-state index in [1.165, 1.54) is 77.0 Å². The van der Waals surface area contributed by atoms with Gasteiger partial charge in [0.2, 0.25) is 0 Å². The number of rotatable bonds is 44. The molecule has 0 N–H and O–H groups in total. The third kappa shape index (κ3) is 32.9. The molecule has 61 heavy (non-hydrogen) atoms. The van der Waals surface area contributed by atoms with Gasteiger partial charge in [0.15, 0.2) is 25.2 Å². The molecule has 0 saturated carbocycles. The molecule has 2 unspecified atom stereocenters. The molecule has 0 fully saturated rings. The molecule has 2 atom stereocenters. The molecule has 7 heteroatoms. The van der Waals surface area contributed by atoms with Crippen molar-refractivity contribution in [2.45, 2.75) is 220 Å². The Kier molecular flexibility index (Phi) is 37.4. The molecule has 348 valence electrons. The van der Waals surface area contributed by atoms with Crippen molar-refractivity contribution in [1.29, 1.82) is 0 Å². The Morgan fingerprint density at radius 3 is 1.05 bits per heavy atom. The molecule has 2 rings (SSSR count). The Morgan fingerprint density at radius 1 is 0.377 bits per heavy atom. The van der Waals surface area contributed by atoms with Crippen LogP contribution in [0.4, 0.5) is 0 Å². The van der Waals surface area contributed by atoms with E-state index in [2.05, 4.69) is 64.1 Å². The molecule has 2 aromatic carbocycles. The highest BCUT2D eigenvalue weighted by atomic mass is 16.8. The van der Waals surface area contributed by atoms with Crippen molar-refractivity contribution in [2.75, 3.05) is 26.4 Å². The minimum atomic E-state index is -0.569. The van der Waals surface area contributed by atoms with Crippen LogP contribution in [0.1, 0.15) is 193 Å². The Hall–Kier alpha value is -2.36. The predicted molar refractivity (Wildman–Crippen MR) is 254 cm³/mol. The van der Waals surface area contributed by atoms with Crippen LogP contribution in [0.2, 0.25) is 0 Å². The average Bonchev–Trinajstić information content (AvgIpc) is 3.29. The quantitative estimate of drug-likeness (QED) is 0.0374. The monoisotopic (exact) mass is 851 g/mol. The second-order valence-electron chi connectivity index (χ2n) is 16.5. The first-order valence-electron chi connectivity index (χ1n) is 24.9. The molecule has 0 amide bonds. The molecule has 7 nitrogen and oxygen atoms in total. The number of benzene rings is 2. The van der Waals surface area contributed by atoms with Gasteiger partial charge in [0.25, 0.3) is 0 Å². The summed E-state index contributed by atoms with van der Waals surface area (Å²) in [6, 6.07) is 20.5. The van der Waals surface area contributed by atoms with Gasteiger partial charge in [-0.05, 0) is 100 Å². The SMILES string of the molecule is CCCCCCOC(CCCCC=CC(OCc1ccccc1)OC(C=CCCCCC(OCCCCCC)OCCCCCC)OCc1ccccc1)OCCCCCC. The van der Waals surface area contributed by atoms with Gasteiger partial charge in [0.1, 0.15) is 0 Å². The third-order valence-corrected chi connectivity index (χ3v) is 10.7. The largest absolute Gasteiger partial charge is 0.353 e. The zero-order valence-electron chi connectivity index (χ0n) is 39.5. The van der Waals surface area contributed by atoms with E-state index >= 15 is 0 Å². The summed E-state index contributed by atoms with van der Waals surface area (Å²) >= 11 is 0. The second-order valence-corrected chi connectivity index (χ2v) is 16.5. The third-order valence-electron chi connectivity index (χ3n) is 10.7. The Morgan fingerprint density at radius 2 is 0.721 bits per heavy atom. The van der Waals surface area contributed by atoms with Crippen LogP contribution in [-0.4, -0.2) is 51.6 Å². The fourth-order valence-electron chi connectivity index (χ4n) is 6.88. The van der Waals surface area contributed by atoms with Gasteiger partial charge in [0, 0.05) is 26.4 Å². The number of allylic oxidation sites excluding steroid dienone is 2. The van der Waals surface area contributed by atoms with Crippen LogP contribution >= 0.6 is 0 Å². The van der Waals surface area contributed by atoms with Crippen LogP contribution in [0, 0.1) is 0 Å². The first-order valence-corrected chi connectivity index (χ1v) is 24.9. The fourth-order valence-corrected chi connectivity index (χ4v) is 6.88. The zero-order chi connectivity index (χ0) is 43.5. The van der Waals surface area contributed by atoms with Gasteiger partial charge in [-0.25, -0.2) is 0 Å². The summed E-state index contributed by atoms with van der Waals surface area (Å²) in [5, 5.41) is 0. The number of hydrogen-bond acceptors (Lipinski definition) is 7. The van der Waals surface area contributed by atoms with E-state index in [0.717, 1.165) is 115 Å². The lowest BCUT2D eigenvalue weighted by molar-refractivity contribution is -0.215. The van der Waals surface area contributed by atoms with Crippen LogP contribution in [0.25, 0.3) is 0 Å². The Bertz CT molecular complexity index is 1110. The van der Waals surface area contributed by atoms with E-state index in [4.69, 9.17) is 33.2 Å². The highest BCUT2D eigenvalue weighted by molar-refractivity contribution is 5.14. The van der Waals surface area contributed by atoms with Crippen LogP contribution < -0.4 is 0 Å². The molecular weight excluding hydrogens is 761 g/mol. The average molecular weight is 851 g/mol. The zero-order valence-corrected chi connectivity index (χ0v) is 39.5. The second kappa shape index (κ2) is 41.6. The lowest BCUT2D eigenvalue weighted by atomic mass is 10.1. The van der Waals surface area contributed by atoms with E-state index in [-0.39, 0.29) is 12.6 Å². The predicted octanol–water partition coefficient (Wildman–Crippen LogP) is 15.4. The van der Waals surface area contributed by atoms with Gasteiger partial charge in [0.05, 0.1) is 13.2 Å². The number of hydrogen-bond donors (Lipinski definition) is 0. The van der Waals surface area contributed by atoms with Crippen molar-refractivity contribution in [1.82, 2.24) is 0 Å². The molecule has 0 radical (unpaired) electrons. The maximum Gasteiger partial charge on any atom is 0.180 e. The van der Waals surface area contributed by atoms with Gasteiger partial charge < -0.3 is 33.2 Å². The first kappa shape index (κ1) is 54.8. The molecule has 0 aromatic heterocycles. The summed E-state index contributed by atoms with van der Waals surface area (Å²) in [7, 11) is 0. The molecule has 2 aromatic rings. The van der Waals surface area contributed by atoms with Crippen molar-refractivity contribution in [3.63, 3.8) is 0 Å². The van der Waals surface area contributed by atoms with Crippen LogP contribution in [-0.2, 0) is 46.4 Å². The molecule has 0 heterocycles. The molecule has 0 aliphatic carbocycles. The van der Waals surface area contributed by atoms with Crippen LogP contribution in [0.3, 0.4) is 0 Å². The van der Waals surface area contributed by atoms with Gasteiger partial charge in [-0.15, -0.1) is 0 Å². The molecule has 0 bridgehead atoms. The lowest BCUT2D eigenvalue weighted by Crippen LogP contribution is -2.24. The fraction of sp³-hybridized carbons (Fsp3) is 0.704. The van der Waals surface area contributed by atoms with Crippen molar-refractivity contribution in [2.24, 2.45) is 0 Å². The summed E-state index contributed by atoms with van der Waals surface area (Å²) in [6.45, 7) is 13.0. The summed E-state index contributed by atoms with van der Waals surface area (Å²) in [5.41, 5.74) is 2.20. The minimum absolute atomic E-state index is 0.115. The Balaban J connectivity index is 1.99. The number of ether oxygens (including phenoxy) is 7. The first-order chi connectivity index (χ1) is 30.2. The van der Waals surface area contributed by atoms with Crippen LogP contribution in [0.5, 0.6) is 0 Å².